The number of halogens is 1. The third-order valence-corrected chi connectivity index (χ3v) is 8.05. The van der Waals surface area contributed by atoms with Gasteiger partial charge in [-0.15, -0.1) is 11.3 Å². The summed E-state index contributed by atoms with van der Waals surface area (Å²) in [6, 6.07) is 11.2. The molecule has 1 aromatic heterocycles. The Morgan fingerprint density at radius 1 is 1.23 bits per heavy atom. The highest BCUT2D eigenvalue weighted by atomic mass is 32.2. The maximum atomic E-state index is 13.2. The van der Waals surface area contributed by atoms with Crippen LogP contribution in [0.15, 0.2) is 46.8 Å². The van der Waals surface area contributed by atoms with Crippen molar-refractivity contribution in [2.24, 2.45) is 5.92 Å². The Balaban J connectivity index is 1.18. The van der Waals surface area contributed by atoms with E-state index in [0.717, 1.165) is 21.0 Å². The quantitative estimate of drug-likeness (QED) is 0.469. The van der Waals surface area contributed by atoms with Crippen LogP contribution in [0.25, 0.3) is 10.2 Å². The fraction of sp³-hybridized carbons (Fsp3) is 0.333. The molecule has 5 rings (SSSR count). The molecule has 8 nitrogen and oxygen atoms in total. The van der Waals surface area contributed by atoms with Crippen molar-refractivity contribution in [1.29, 1.82) is 0 Å². The first kappa shape index (κ1) is 23.7. The van der Waals surface area contributed by atoms with E-state index in [4.69, 9.17) is 4.74 Å². The molecule has 2 unspecified atom stereocenters. The van der Waals surface area contributed by atoms with Crippen LogP contribution in [0.5, 0.6) is 0 Å². The molecule has 2 N–H and O–H groups in total. The number of carbonyl (C=O) groups is 3. The number of nitrogens with zero attached hydrogens (tertiary/aromatic N) is 2. The molecule has 11 heteroatoms. The van der Waals surface area contributed by atoms with Gasteiger partial charge >= 0.3 is 0 Å². The zero-order valence-electron chi connectivity index (χ0n) is 18.7. The van der Waals surface area contributed by atoms with Crippen LogP contribution in [-0.4, -0.2) is 54.3 Å². The molecular formula is C24H23FN4O4S2. The first-order valence-electron chi connectivity index (χ1n) is 11.2. The summed E-state index contributed by atoms with van der Waals surface area (Å²) in [4.78, 5) is 43.5. The standard InChI is InChI=1S/C24H23FN4O4S2/c25-15-1-4-18(5-2-15)29-11-14(9-22(29)31)23(32)27-16-3-6-19-20(10-16)35-24(28-19)34-13-21(30)26-17-7-8-33-12-17/h1-6,10,14,17H,7-9,11-13H2,(H,26,30)(H,27,32). The van der Waals surface area contributed by atoms with Gasteiger partial charge in [0.25, 0.3) is 0 Å². The Labute approximate surface area is 209 Å². The van der Waals surface area contributed by atoms with Gasteiger partial charge in [0.05, 0.1) is 34.5 Å². The van der Waals surface area contributed by atoms with E-state index in [2.05, 4.69) is 15.6 Å². The molecule has 3 amide bonds. The number of hydrogen-bond acceptors (Lipinski definition) is 7. The van der Waals surface area contributed by atoms with E-state index in [1.165, 1.54) is 52.3 Å². The van der Waals surface area contributed by atoms with E-state index in [1.807, 2.05) is 12.1 Å². The zero-order valence-corrected chi connectivity index (χ0v) is 20.3. The molecule has 3 aromatic rings. The van der Waals surface area contributed by atoms with Gasteiger partial charge in [-0.2, -0.15) is 0 Å². The number of hydrogen-bond donors (Lipinski definition) is 2. The highest BCUT2D eigenvalue weighted by Crippen LogP contribution is 2.32. The van der Waals surface area contributed by atoms with Gasteiger partial charge in [0.1, 0.15) is 5.82 Å². The summed E-state index contributed by atoms with van der Waals surface area (Å²) in [6.45, 7) is 1.48. The van der Waals surface area contributed by atoms with E-state index in [-0.39, 0.29) is 48.3 Å². The van der Waals surface area contributed by atoms with E-state index in [9.17, 15) is 18.8 Å². The van der Waals surface area contributed by atoms with Gasteiger partial charge in [-0.25, -0.2) is 9.37 Å². The minimum atomic E-state index is -0.500. The molecule has 2 atom stereocenters. The highest BCUT2D eigenvalue weighted by molar-refractivity contribution is 8.01. The summed E-state index contributed by atoms with van der Waals surface area (Å²) >= 11 is 2.84. The van der Waals surface area contributed by atoms with Crippen molar-refractivity contribution in [2.45, 2.75) is 23.2 Å². The number of amides is 3. The summed E-state index contributed by atoms with van der Waals surface area (Å²) in [7, 11) is 0. The predicted molar refractivity (Wildman–Crippen MR) is 133 cm³/mol. The SMILES string of the molecule is O=C(CSc1nc2ccc(NC(=O)C3CC(=O)N(c4ccc(F)cc4)C3)cc2s1)NC1CCOC1. The number of thioether (sulfide) groups is 1. The van der Waals surface area contributed by atoms with Gasteiger partial charge in [0.2, 0.25) is 17.7 Å². The van der Waals surface area contributed by atoms with Gasteiger partial charge < -0.3 is 20.3 Å². The average molecular weight is 515 g/mol. The number of benzene rings is 2. The Bertz CT molecular complexity index is 1260. The average Bonchev–Trinajstić information content (AvgIpc) is 3.58. The van der Waals surface area contributed by atoms with Crippen LogP contribution < -0.4 is 15.5 Å². The summed E-state index contributed by atoms with van der Waals surface area (Å²) in [5, 5.41) is 5.86. The first-order chi connectivity index (χ1) is 16.9. The Hall–Kier alpha value is -3.02. The van der Waals surface area contributed by atoms with Crippen molar-refractivity contribution in [3.8, 4) is 0 Å². The van der Waals surface area contributed by atoms with E-state index in [1.54, 1.807) is 6.07 Å². The van der Waals surface area contributed by atoms with E-state index < -0.39 is 5.92 Å². The molecule has 2 aliphatic rings. The second-order valence-corrected chi connectivity index (χ2v) is 10.7. The number of fused-ring (bicyclic) bond motifs is 1. The van der Waals surface area contributed by atoms with Crippen molar-refractivity contribution in [1.82, 2.24) is 10.3 Å². The normalized spacial score (nSPS) is 19.9. The number of anilines is 2. The number of carbonyl (C=O) groups excluding carboxylic acids is 3. The Morgan fingerprint density at radius 2 is 2.06 bits per heavy atom. The lowest BCUT2D eigenvalue weighted by Gasteiger charge is -2.16. The van der Waals surface area contributed by atoms with E-state index >= 15 is 0 Å². The minimum Gasteiger partial charge on any atom is -0.379 e. The van der Waals surface area contributed by atoms with Crippen LogP contribution in [0.1, 0.15) is 12.8 Å². The van der Waals surface area contributed by atoms with Crippen LogP contribution in [0, 0.1) is 11.7 Å². The first-order valence-corrected chi connectivity index (χ1v) is 13.0. The monoisotopic (exact) mass is 514 g/mol. The molecule has 0 radical (unpaired) electrons. The fourth-order valence-electron chi connectivity index (χ4n) is 4.09. The lowest BCUT2D eigenvalue weighted by Crippen LogP contribution is -2.36. The van der Waals surface area contributed by atoms with Crippen molar-refractivity contribution in [2.75, 3.05) is 35.7 Å². The topological polar surface area (TPSA) is 101 Å². The van der Waals surface area contributed by atoms with Crippen LogP contribution in [-0.2, 0) is 19.1 Å². The molecule has 182 valence electrons. The molecule has 0 spiro atoms. The molecule has 2 saturated heterocycles. The number of rotatable bonds is 7. The van der Waals surface area contributed by atoms with Crippen LogP contribution in [0.4, 0.5) is 15.8 Å². The summed E-state index contributed by atoms with van der Waals surface area (Å²) in [5.74, 6) is -1.05. The van der Waals surface area contributed by atoms with Crippen molar-refractivity contribution in [3.63, 3.8) is 0 Å². The highest BCUT2D eigenvalue weighted by Gasteiger charge is 2.35. The Kier molecular flexibility index (Phi) is 6.98. The maximum absolute atomic E-state index is 13.2. The summed E-state index contributed by atoms with van der Waals surface area (Å²) in [5.41, 5.74) is 1.99. The van der Waals surface area contributed by atoms with Crippen molar-refractivity contribution >= 4 is 62.4 Å². The zero-order chi connectivity index (χ0) is 24.4. The molecule has 2 aromatic carbocycles. The van der Waals surface area contributed by atoms with Gasteiger partial charge in [0, 0.05) is 30.9 Å². The predicted octanol–water partition coefficient (Wildman–Crippen LogP) is 3.42. The molecule has 2 aliphatic heterocycles. The van der Waals surface area contributed by atoms with Crippen LogP contribution >= 0.6 is 23.1 Å². The molecule has 3 heterocycles. The van der Waals surface area contributed by atoms with Gasteiger partial charge in [-0.3, -0.25) is 14.4 Å². The molecule has 0 aliphatic carbocycles. The Morgan fingerprint density at radius 3 is 2.83 bits per heavy atom. The van der Waals surface area contributed by atoms with Crippen molar-refractivity contribution in [3.05, 3.63) is 48.3 Å². The number of thiazole rings is 1. The largest absolute Gasteiger partial charge is 0.379 e. The van der Waals surface area contributed by atoms with Crippen molar-refractivity contribution < 1.29 is 23.5 Å². The summed E-state index contributed by atoms with van der Waals surface area (Å²) in [6.07, 6.45) is 0.938. The molecule has 0 saturated carbocycles. The van der Waals surface area contributed by atoms with Gasteiger partial charge in [-0.05, 0) is 48.9 Å². The van der Waals surface area contributed by atoms with Gasteiger partial charge in [-0.1, -0.05) is 11.8 Å². The molecular weight excluding hydrogens is 491 g/mol. The molecule has 2 fully saturated rings. The molecule has 35 heavy (non-hydrogen) atoms. The smallest absolute Gasteiger partial charge is 0.230 e. The number of aromatic nitrogens is 1. The lowest BCUT2D eigenvalue weighted by molar-refractivity contribution is -0.122. The lowest BCUT2D eigenvalue weighted by atomic mass is 10.1. The van der Waals surface area contributed by atoms with Crippen LogP contribution in [0.2, 0.25) is 0 Å². The van der Waals surface area contributed by atoms with Gasteiger partial charge in [0.15, 0.2) is 4.34 Å². The van der Waals surface area contributed by atoms with Crippen LogP contribution in [0.3, 0.4) is 0 Å². The third-order valence-electron chi connectivity index (χ3n) is 5.89. The minimum absolute atomic E-state index is 0.0431. The number of ether oxygens (including phenoxy) is 1. The maximum Gasteiger partial charge on any atom is 0.230 e. The summed E-state index contributed by atoms with van der Waals surface area (Å²) < 4.78 is 20.1. The third kappa shape index (κ3) is 5.63. The second-order valence-electron chi connectivity index (χ2n) is 8.45. The van der Waals surface area contributed by atoms with E-state index in [0.29, 0.717) is 24.6 Å². The second kappa shape index (κ2) is 10.3. The fourth-order valence-corrected chi connectivity index (χ4v) is 6.00. The molecule has 0 bridgehead atoms. The number of nitrogens with one attached hydrogen (secondary N) is 2.